The van der Waals surface area contributed by atoms with Crippen molar-refractivity contribution in [1.29, 1.82) is 0 Å². The van der Waals surface area contributed by atoms with Crippen LogP contribution >= 0.6 is 0 Å². The second-order valence-electron chi connectivity index (χ2n) is 12.0. The smallest absolute Gasteiger partial charge is 0.237 e. The molecule has 2 heterocycles. The van der Waals surface area contributed by atoms with Crippen LogP contribution in [-0.4, -0.2) is 60.1 Å². The Bertz CT molecular complexity index is 1250. The maximum absolute atomic E-state index is 13.7. The SMILES string of the molecule is CCCCCCN[C@H](CN[C@@H](CCCC)C(=O)N[C@@H](Cc1ccccc1)C(=O)[C@@]1(C)CO1)Cc1c[nH]c2ccccc12. The van der Waals surface area contributed by atoms with Crippen LogP contribution in [0.25, 0.3) is 10.9 Å². The molecule has 0 saturated carbocycles. The number of nitrogens with one attached hydrogen (secondary N) is 4. The van der Waals surface area contributed by atoms with Gasteiger partial charge in [0.1, 0.15) is 5.60 Å². The number of fused-ring (bicyclic) bond motifs is 1. The first-order valence-electron chi connectivity index (χ1n) is 16.0. The van der Waals surface area contributed by atoms with Gasteiger partial charge in [0.25, 0.3) is 0 Å². The highest BCUT2D eigenvalue weighted by molar-refractivity contribution is 5.97. The van der Waals surface area contributed by atoms with Crippen molar-refractivity contribution >= 4 is 22.6 Å². The van der Waals surface area contributed by atoms with E-state index in [-0.39, 0.29) is 23.8 Å². The molecule has 4 rings (SSSR count). The van der Waals surface area contributed by atoms with Crippen molar-refractivity contribution in [1.82, 2.24) is 20.9 Å². The number of aromatic nitrogens is 1. The summed E-state index contributed by atoms with van der Waals surface area (Å²) in [7, 11) is 0. The van der Waals surface area contributed by atoms with Gasteiger partial charge < -0.3 is 25.7 Å². The second kappa shape index (κ2) is 16.0. The molecule has 3 aromatic rings. The predicted octanol–water partition coefficient (Wildman–Crippen LogP) is 5.48. The van der Waals surface area contributed by atoms with E-state index < -0.39 is 11.6 Å². The van der Waals surface area contributed by atoms with E-state index in [2.05, 4.69) is 65.2 Å². The molecular weight excluding hydrogens is 524 g/mol. The van der Waals surface area contributed by atoms with Gasteiger partial charge >= 0.3 is 0 Å². The Labute approximate surface area is 251 Å². The van der Waals surface area contributed by atoms with Crippen molar-refractivity contribution in [3.63, 3.8) is 0 Å². The number of ketones is 1. The highest BCUT2D eigenvalue weighted by atomic mass is 16.6. The highest BCUT2D eigenvalue weighted by Gasteiger charge is 2.50. The van der Waals surface area contributed by atoms with Crippen LogP contribution in [-0.2, 0) is 27.2 Å². The molecule has 228 valence electrons. The standard InChI is InChI=1S/C35H50N4O3/c1-4-6-8-14-20-36-28(22-27-23-37-30-19-13-12-17-29(27)30)24-38-31(18-7-5-2)34(41)39-32(33(40)35(3)25-42-35)21-26-15-10-9-11-16-26/h9-13,15-17,19,23,28,31-32,36-38H,4-8,14,18,20-22,24-25H2,1-3H3,(H,39,41)/t28-,31-,32-,35+/m0/s1. The number of unbranched alkanes of at least 4 members (excludes halogenated alkanes) is 4. The van der Waals surface area contributed by atoms with Gasteiger partial charge in [-0.1, -0.05) is 94.5 Å². The lowest BCUT2D eigenvalue weighted by atomic mass is 9.94. The summed E-state index contributed by atoms with van der Waals surface area (Å²) in [5.41, 5.74) is 2.64. The number of hydrogen-bond acceptors (Lipinski definition) is 5. The molecule has 42 heavy (non-hydrogen) atoms. The van der Waals surface area contributed by atoms with Crippen LogP contribution in [0, 0.1) is 0 Å². The lowest BCUT2D eigenvalue weighted by Crippen LogP contribution is -2.55. The Morgan fingerprint density at radius 2 is 1.64 bits per heavy atom. The van der Waals surface area contributed by atoms with E-state index in [0.29, 0.717) is 19.6 Å². The van der Waals surface area contributed by atoms with Gasteiger partial charge in [-0.15, -0.1) is 0 Å². The van der Waals surface area contributed by atoms with Crippen LogP contribution in [0.4, 0.5) is 0 Å². The van der Waals surface area contributed by atoms with Crippen LogP contribution < -0.4 is 16.0 Å². The van der Waals surface area contributed by atoms with E-state index in [1.807, 2.05) is 37.3 Å². The molecular formula is C35H50N4O3. The van der Waals surface area contributed by atoms with Gasteiger partial charge in [-0.05, 0) is 56.3 Å². The van der Waals surface area contributed by atoms with E-state index in [4.69, 9.17) is 4.74 Å². The second-order valence-corrected chi connectivity index (χ2v) is 12.0. The normalized spacial score (nSPS) is 18.5. The predicted molar refractivity (Wildman–Crippen MR) is 171 cm³/mol. The zero-order valence-electron chi connectivity index (χ0n) is 25.7. The van der Waals surface area contributed by atoms with Crippen LogP contribution in [0.5, 0.6) is 0 Å². The minimum atomic E-state index is -0.800. The third kappa shape index (κ3) is 9.25. The van der Waals surface area contributed by atoms with Gasteiger partial charge in [-0.25, -0.2) is 0 Å². The molecule has 0 spiro atoms. The lowest BCUT2D eigenvalue weighted by Gasteiger charge is -2.26. The van der Waals surface area contributed by atoms with Gasteiger partial charge in [-0.3, -0.25) is 9.59 Å². The molecule has 1 fully saturated rings. The van der Waals surface area contributed by atoms with Crippen LogP contribution in [0.1, 0.15) is 76.8 Å². The first kappa shape index (κ1) is 31.9. The quantitative estimate of drug-likeness (QED) is 0.106. The van der Waals surface area contributed by atoms with Gasteiger partial charge in [0.05, 0.1) is 18.7 Å². The maximum Gasteiger partial charge on any atom is 0.237 e. The minimum Gasteiger partial charge on any atom is -0.361 e. The lowest BCUT2D eigenvalue weighted by molar-refractivity contribution is -0.131. The Hall–Kier alpha value is -3.00. The minimum absolute atomic E-state index is 0.0556. The summed E-state index contributed by atoms with van der Waals surface area (Å²) in [5.74, 6) is -0.171. The van der Waals surface area contributed by atoms with Gasteiger partial charge in [0.15, 0.2) is 5.78 Å². The Balaban J connectivity index is 1.44. The summed E-state index contributed by atoms with van der Waals surface area (Å²) in [6.07, 6.45) is 10.9. The topological polar surface area (TPSA) is 98.5 Å². The number of Topliss-reactive ketones (excluding diaryl/α,β-unsaturated/α-hetero) is 1. The number of para-hydroxylation sites is 1. The number of rotatable bonds is 20. The number of carbonyl (C=O) groups excluding carboxylic acids is 2. The van der Waals surface area contributed by atoms with Crippen molar-refractivity contribution in [2.75, 3.05) is 19.7 Å². The Kier molecular flexibility index (Phi) is 12.2. The third-order valence-corrected chi connectivity index (χ3v) is 8.39. The first-order valence-corrected chi connectivity index (χ1v) is 16.0. The fraction of sp³-hybridized carbons (Fsp3) is 0.543. The average molecular weight is 575 g/mol. The third-order valence-electron chi connectivity index (χ3n) is 8.39. The number of ether oxygens (including phenoxy) is 1. The molecule has 4 N–H and O–H groups in total. The number of H-pyrrole nitrogens is 1. The molecule has 4 atom stereocenters. The number of epoxide rings is 1. The monoisotopic (exact) mass is 574 g/mol. The van der Waals surface area contributed by atoms with E-state index in [1.165, 1.54) is 30.2 Å². The van der Waals surface area contributed by atoms with E-state index >= 15 is 0 Å². The van der Waals surface area contributed by atoms with Crippen molar-refractivity contribution < 1.29 is 14.3 Å². The van der Waals surface area contributed by atoms with Gasteiger partial charge in [0, 0.05) is 29.7 Å². The zero-order chi connectivity index (χ0) is 29.8. The fourth-order valence-corrected chi connectivity index (χ4v) is 5.61. The molecule has 0 radical (unpaired) electrons. The maximum atomic E-state index is 13.7. The van der Waals surface area contributed by atoms with Crippen molar-refractivity contribution in [3.05, 3.63) is 71.9 Å². The van der Waals surface area contributed by atoms with E-state index in [1.54, 1.807) is 0 Å². The Morgan fingerprint density at radius 3 is 2.38 bits per heavy atom. The Morgan fingerprint density at radius 1 is 0.905 bits per heavy atom. The van der Waals surface area contributed by atoms with E-state index in [0.717, 1.165) is 49.7 Å². The zero-order valence-corrected chi connectivity index (χ0v) is 25.7. The molecule has 1 saturated heterocycles. The highest BCUT2D eigenvalue weighted by Crippen LogP contribution is 2.29. The average Bonchev–Trinajstić information content (AvgIpc) is 3.64. The summed E-state index contributed by atoms with van der Waals surface area (Å²) in [4.78, 5) is 30.5. The molecule has 7 nitrogen and oxygen atoms in total. The number of hydrogen-bond donors (Lipinski definition) is 4. The molecule has 0 unspecified atom stereocenters. The largest absolute Gasteiger partial charge is 0.361 e. The molecule has 0 bridgehead atoms. The van der Waals surface area contributed by atoms with Crippen LogP contribution in [0.2, 0.25) is 0 Å². The molecule has 1 aliphatic heterocycles. The molecule has 1 amide bonds. The summed E-state index contributed by atoms with van der Waals surface area (Å²) >= 11 is 0. The molecule has 0 aliphatic carbocycles. The molecule has 7 heteroatoms. The number of benzene rings is 2. The molecule has 2 aromatic carbocycles. The van der Waals surface area contributed by atoms with Crippen molar-refractivity contribution in [3.8, 4) is 0 Å². The number of carbonyl (C=O) groups is 2. The summed E-state index contributed by atoms with van der Waals surface area (Å²) in [5, 5.41) is 11.7. The molecule has 1 aromatic heterocycles. The number of aromatic amines is 1. The van der Waals surface area contributed by atoms with Crippen molar-refractivity contribution in [2.24, 2.45) is 0 Å². The first-order chi connectivity index (χ1) is 20.4. The van der Waals surface area contributed by atoms with Gasteiger partial charge in [0.2, 0.25) is 5.91 Å². The van der Waals surface area contributed by atoms with Crippen LogP contribution in [0.15, 0.2) is 60.8 Å². The summed E-state index contributed by atoms with van der Waals surface area (Å²) in [6, 6.07) is 17.4. The summed E-state index contributed by atoms with van der Waals surface area (Å²) < 4.78 is 5.48. The van der Waals surface area contributed by atoms with E-state index in [9.17, 15) is 9.59 Å². The summed E-state index contributed by atoms with van der Waals surface area (Å²) in [6.45, 7) is 8.20. The number of amides is 1. The van der Waals surface area contributed by atoms with Crippen LogP contribution in [0.3, 0.4) is 0 Å². The molecule has 1 aliphatic rings. The van der Waals surface area contributed by atoms with Gasteiger partial charge in [-0.2, -0.15) is 0 Å². The fourth-order valence-electron chi connectivity index (χ4n) is 5.61. The van der Waals surface area contributed by atoms with Crippen molar-refractivity contribution in [2.45, 2.75) is 102 Å².